The molecule has 132 valence electrons. The van der Waals surface area contributed by atoms with Crippen LogP contribution in [0.4, 0.5) is 0 Å². The van der Waals surface area contributed by atoms with Gasteiger partial charge in [-0.1, -0.05) is 12.1 Å². The minimum atomic E-state index is -0.303. The van der Waals surface area contributed by atoms with Crippen LogP contribution in [-0.2, 0) is 0 Å². The Balaban J connectivity index is 1.81. The van der Waals surface area contributed by atoms with Crippen molar-refractivity contribution in [2.45, 2.75) is 6.04 Å². The largest absolute Gasteiger partial charge is 0.497 e. The van der Waals surface area contributed by atoms with Gasteiger partial charge in [-0.2, -0.15) is 0 Å². The number of carbonyl (C=O) groups excluding carboxylic acids is 1. The van der Waals surface area contributed by atoms with E-state index >= 15 is 0 Å². The number of methoxy groups -OCH3 is 2. The van der Waals surface area contributed by atoms with Crippen molar-refractivity contribution in [3.63, 3.8) is 0 Å². The molecule has 1 aliphatic rings. The van der Waals surface area contributed by atoms with Crippen molar-refractivity contribution in [1.29, 1.82) is 0 Å². The van der Waals surface area contributed by atoms with Gasteiger partial charge in [0.05, 0.1) is 25.8 Å². The van der Waals surface area contributed by atoms with Gasteiger partial charge in [-0.15, -0.1) is 0 Å². The zero-order chi connectivity index (χ0) is 17.8. The number of piperazine rings is 1. The molecular formula is C18H21N3O4. The zero-order valence-electron chi connectivity index (χ0n) is 14.2. The highest BCUT2D eigenvalue weighted by Crippen LogP contribution is 2.24. The van der Waals surface area contributed by atoms with Gasteiger partial charge < -0.3 is 24.7 Å². The molecule has 1 aliphatic heterocycles. The van der Waals surface area contributed by atoms with E-state index in [1.807, 2.05) is 24.3 Å². The molecule has 1 aromatic heterocycles. The predicted molar refractivity (Wildman–Crippen MR) is 93.3 cm³/mol. The molecule has 2 heterocycles. The smallest absolute Gasteiger partial charge is 0.259 e. The van der Waals surface area contributed by atoms with Crippen molar-refractivity contribution in [1.82, 2.24) is 15.2 Å². The summed E-state index contributed by atoms with van der Waals surface area (Å²) in [6.45, 7) is 1.79. The van der Waals surface area contributed by atoms with Gasteiger partial charge in [-0.25, -0.2) is 0 Å². The van der Waals surface area contributed by atoms with Crippen LogP contribution in [0.2, 0.25) is 0 Å². The number of nitrogens with zero attached hydrogens (tertiary/aromatic N) is 1. The second kappa shape index (κ2) is 7.40. The van der Waals surface area contributed by atoms with Crippen LogP contribution >= 0.6 is 0 Å². The number of benzene rings is 1. The second-order valence-electron chi connectivity index (χ2n) is 5.81. The first-order chi connectivity index (χ1) is 12.1. The third-order valence-electron chi connectivity index (χ3n) is 4.30. The number of ether oxygens (including phenoxy) is 2. The number of rotatable bonds is 4. The Kier molecular flexibility index (Phi) is 5.04. The van der Waals surface area contributed by atoms with Gasteiger partial charge in [0.15, 0.2) is 0 Å². The lowest BCUT2D eigenvalue weighted by atomic mass is 10.0. The molecular weight excluding hydrogens is 322 g/mol. The molecule has 1 aromatic carbocycles. The van der Waals surface area contributed by atoms with E-state index in [1.165, 1.54) is 19.4 Å². The summed E-state index contributed by atoms with van der Waals surface area (Å²) in [6.07, 6.45) is 1.41. The van der Waals surface area contributed by atoms with E-state index < -0.39 is 0 Å². The molecule has 0 spiro atoms. The van der Waals surface area contributed by atoms with E-state index in [1.54, 1.807) is 12.0 Å². The summed E-state index contributed by atoms with van der Waals surface area (Å²) < 4.78 is 10.5. The normalized spacial score (nSPS) is 17.2. The molecule has 1 fully saturated rings. The number of amides is 1. The first-order valence-electron chi connectivity index (χ1n) is 8.05. The number of H-pyrrole nitrogens is 1. The highest BCUT2D eigenvalue weighted by molar-refractivity contribution is 5.96. The Labute approximate surface area is 145 Å². The van der Waals surface area contributed by atoms with E-state index in [0.717, 1.165) is 11.3 Å². The Morgan fingerprint density at radius 2 is 2.08 bits per heavy atom. The standard InChI is InChI=1S/C18H21N3O4/c1-24-13-5-3-4-12(8-13)15-11-21(7-6-19-15)18(23)14-10-20-17(22)9-16(14)25-2/h3-5,8-10,15,19H,6-7,11H2,1-2H3,(H,20,22). The molecule has 7 heteroatoms. The number of pyridine rings is 1. The van der Waals surface area contributed by atoms with E-state index in [9.17, 15) is 9.59 Å². The molecule has 0 bridgehead atoms. The summed E-state index contributed by atoms with van der Waals surface area (Å²) >= 11 is 0. The van der Waals surface area contributed by atoms with Crippen LogP contribution in [0, 0.1) is 0 Å². The van der Waals surface area contributed by atoms with Gasteiger partial charge in [-0.3, -0.25) is 9.59 Å². The first-order valence-corrected chi connectivity index (χ1v) is 8.05. The van der Waals surface area contributed by atoms with Crippen molar-refractivity contribution >= 4 is 5.91 Å². The van der Waals surface area contributed by atoms with Gasteiger partial charge in [0.1, 0.15) is 11.5 Å². The van der Waals surface area contributed by atoms with Crippen LogP contribution in [-0.4, -0.2) is 49.6 Å². The van der Waals surface area contributed by atoms with Crippen LogP contribution in [0.15, 0.2) is 41.3 Å². The molecule has 2 aromatic rings. The average molecular weight is 343 g/mol. The molecule has 0 aliphatic carbocycles. The minimum Gasteiger partial charge on any atom is -0.497 e. The summed E-state index contributed by atoms with van der Waals surface area (Å²) in [4.78, 5) is 28.6. The molecule has 7 nitrogen and oxygen atoms in total. The van der Waals surface area contributed by atoms with Crippen molar-refractivity contribution in [3.05, 3.63) is 58.0 Å². The molecule has 2 N–H and O–H groups in total. The molecule has 0 saturated carbocycles. The fourth-order valence-electron chi connectivity index (χ4n) is 2.98. The van der Waals surface area contributed by atoms with E-state index in [-0.39, 0.29) is 23.3 Å². The first kappa shape index (κ1) is 17.0. The number of hydrogen-bond acceptors (Lipinski definition) is 5. The van der Waals surface area contributed by atoms with Gasteiger partial charge in [0.25, 0.3) is 11.5 Å². The highest BCUT2D eigenvalue weighted by Gasteiger charge is 2.27. The van der Waals surface area contributed by atoms with Crippen molar-refractivity contribution in [2.75, 3.05) is 33.9 Å². The van der Waals surface area contributed by atoms with E-state index in [4.69, 9.17) is 9.47 Å². The quantitative estimate of drug-likeness (QED) is 0.871. The van der Waals surface area contributed by atoms with Gasteiger partial charge in [0.2, 0.25) is 0 Å². The lowest BCUT2D eigenvalue weighted by Gasteiger charge is -2.34. The fraction of sp³-hybridized carbons (Fsp3) is 0.333. The molecule has 25 heavy (non-hydrogen) atoms. The van der Waals surface area contributed by atoms with Crippen LogP contribution in [0.5, 0.6) is 11.5 Å². The van der Waals surface area contributed by atoms with Gasteiger partial charge in [0, 0.05) is 31.9 Å². The van der Waals surface area contributed by atoms with Crippen molar-refractivity contribution in [2.24, 2.45) is 0 Å². The molecule has 0 radical (unpaired) electrons. The van der Waals surface area contributed by atoms with Gasteiger partial charge in [-0.05, 0) is 17.7 Å². The predicted octanol–water partition coefficient (Wildman–Crippen LogP) is 1.18. The summed E-state index contributed by atoms with van der Waals surface area (Å²) in [7, 11) is 3.08. The Morgan fingerprint density at radius 1 is 1.24 bits per heavy atom. The Morgan fingerprint density at radius 3 is 2.84 bits per heavy atom. The zero-order valence-corrected chi connectivity index (χ0v) is 14.2. The Hall–Kier alpha value is -2.80. The summed E-state index contributed by atoms with van der Waals surface area (Å²) in [5.41, 5.74) is 1.11. The molecule has 1 saturated heterocycles. The lowest BCUT2D eigenvalue weighted by molar-refractivity contribution is 0.0699. The summed E-state index contributed by atoms with van der Waals surface area (Å²) in [6, 6.07) is 9.10. The Bertz CT molecular complexity index is 818. The number of nitrogens with one attached hydrogen (secondary N) is 2. The number of carbonyl (C=O) groups is 1. The molecule has 1 amide bonds. The summed E-state index contributed by atoms with van der Waals surface area (Å²) in [5, 5.41) is 3.42. The molecule has 1 unspecified atom stereocenters. The SMILES string of the molecule is COc1cccc(C2CN(C(=O)c3c[nH]c(=O)cc3OC)CCN2)c1. The number of aromatic nitrogens is 1. The average Bonchev–Trinajstić information content (AvgIpc) is 2.67. The van der Waals surface area contributed by atoms with Crippen molar-refractivity contribution in [3.8, 4) is 11.5 Å². The van der Waals surface area contributed by atoms with Crippen LogP contribution in [0.25, 0.3) is 0 Å². The third-order valence-corrected chi connectivity index (χ3v) is 4.30. The van der Waals surface area contributed by atoms with E-state index in [0.29, 0.717) is 25.2 Å². The van der Waals surface area contributed by atoms with Crippen LogP contribution in [0.3, 0.4) is 0 Å². The lowest BCUT2D eigenvalue weighted by Crippen LogP contribution is -2.48. The van der Waals surface area contributed by atoms with Crippen LogP contribution < -0.4 is 20.3 Å². The number of hydrogen-bond donors (Lipinski definition) is 2. The van der Waals surface area contributed by atoms with E-state index in [2.05, 4.69) is 10.3 Å². The maximum atomic E-state index is 12.9. The van der Waals surface area contributed by atoms with Crippen LogP contribution in [0.1, 0.15) is 22.0 Å². The second-order valence-corrected chi connectivity index (χ2v) is 5.81. The number of aromatic amines is 1. The maximum absolute atomic E-state index is 12.9. The third kappa shape index (κ3) is 3.66. The topological polar surface area (TPSA) is 83.7 Å². The maximum Gasteiger partial charge on any atom is 0.259 e. The summed E-state index contributed by atoms with van der Waals surface area (Å²) in [5.74, 6) is 0.901. The minimum absolute atomic E-state index is 0.0153. The molecule has 3 rings (SSSR count). The molecule has 1 atom stereocenters. The highest BCUT2D eigenvalue weighted by atomic mass is 16.5. The fourth-order valence-corrected chi connectivity index (χ4v) is 2.98. The monoisotopic (exact) mass is 343 g/mol. The van der Waals surface area contributed by atoms with Crippen molar-refractivity contribution < 1.29 is 14.3 Å². The van der Waals surface area contributed by atoms with Gasteiger partial charge >= 0.3 is 0 Å².